The molecule has 2 aromatic heterocycles. The Morgan fingerprint density at radius 2 is 2.07 bits per heavy atom. The first-order chi connectivity index (χ1) is 14.5. The van der Waals surface area contributed by atoms with Crippen molar-refractivity contribution < 1.29 is 8.42 Å². The molecule has 2 unspecified atom stereocenters. The van der Waals surface area contributed by atoms with Crippen LogP contribution >= 0.6 is 0 Å². The van der Waals surface area contributed by atoms with Crippen LogP contribution in [0.1, 0.15) is 37.3 Å². The van der Waals surface area contributed by atoms with Gasteiger partial charge in [-0.15, -0.1) is 0 Å². The second kappa shape index (κ2) is 6.99. The molecule has 154 valence electrons. The van der Waals surface area contributed by atoms with Gasteiger partial charge >= 0.3 is 0 Å². The van der Waals surface area contributed by atoms with Gasteiger partial charge < -0.3 is 10.3 Å². The van der Waals surface area contributed by atoms with E-state index in [-0.39, 0.29) is 23.3 Å². The van der Waals surface area contributed by atoms with Gasteiger partial charge in [-0.3, -0.25) is 9.48 Å². The van der Waals surface area contributed by atoms with Crippen molar-refractivity contribution in [1.82, 2.24) is 14.8 Å². The van der Waals surface area contributed by atoms with E-state index in [4.69, 9.17) is 5.10 Å². The Kier molecular flexibility index (Phi) is 4.40. The van der Waals surface area contributed by atoms with E-state index in [1.54, 1.807) is 24.4 Å². The fraction of sp³-hybridized carbons (Fsp3) is 0.381. The molecule has 1 aliphatic heterocycles. The van der Waals surface area contributed by atoms with Gasteiger partial charge in [0.25, 0.3) is 5.56 Å². The van der Waals surface area contributed by atoms with Crippen LogP contribution in [-0.2, 0) is 16.3 Å². The summed E-state index contributed by atoms with van der Waals surface area (Å²) in [4.78, 5) is 15.7. The fourth-order valence-corrected chi connectivity index (χ4v) is 6.19. The smallest absolute Gasteiger partial charge is 0.261 e. The van der Waals surface area contributed by atoms with Crippen LogP contribution in [0.25, 0.3) is 10.9 Å². The van der Waals surface area contributed by atoms with Gasteiger partial charge in [0.2, 0.25) is 0 Å². The highest BCUT2D eigenvalue weighted by molar-refractivity contribution is 7.91. The molecule has 1 aliphatic carbocycles. The van der Waals surface area contributed by atoms with Crippen molar-refractivity contribution in [3.8, 4) is 6.07 Å². The predicted octanol–water partition coefficient (Wildman–Crippen LogP) is 3.05. The fourth-order valence-electron chi connectivity index (χ4n) is 4.64. The van der Waals surface area contributed by atoms with Gasteiger partial charge in [-0.25, -0.2) is 8.42 Å². The Balaban J connectivity index is 1.59. The molecule has 0 radical (unpaired) electrons. The summed E-state index contributed by atoms with van der Waals surface area (Å²) in [5.41, 5.74) is 1.89. The molecule has 0 spiro atoms. The number of hydrogen-bond acceptors (Lipinski definition) is 6. The van der Waals surface area contributed by atoms with Crippen LogP contribution < -0.4 is 10.9 Å². The van der Waals surface area contributed by atoms with Crippen LogP contribution in [0.2, 0.25) is 0 Å². The third-order valence-electron chi connectivity index (χ3n) is 6.14. The molecule has 2 aliphatic rings. The molecule has 0 saturated heterocycles. The quantitative estimate of drug-likeness (QED) is 0.668. The third-order valence-corrected chi connectivity index (χ3v) is 7.95. The summed E-state index contributed by atoms with van der Waals surface area (Å²) in [7, 11) is -3.19. The summed E-state index contributed by atoms with van der Waals surface area (Å²) in [6.45, 7) is 0. The van der Waals surface area contributed by atoms with Gasteiger partial charge in [0.15, 0.2) is 15.7 Å². The molecule has 9 heteroatoms. The topological polar surface area (TPSA) is 121 Å². The van der Waals surface area contributed by atoms with E-state index in [0.29, 0.717) is 33.7 Å². The van der Waals surface area contributed by atoms with Gasteiger partial charge in [0.05, 0.1) is 34.2 Å². The second-order valence-electron chi connectivity index (χ2n) is 7.96. The third kappa shape index (κ3) is 2.99. The Bertz CT molecular complexity index is 1350. The van der Waals surface area contributed by atoms with Crippen LogP contribution in [-0.4, -0.2) is 28.9 Å². The van der Waals surface area contributed by atoms with Crippen LogP contribution in [0.15, 0.2) is 40.2 Å². The number of rotatable bonds is 3. The molecule has 2 atom stereocenters. The second-order valence-corrected chi connectivity index (χ2v) is 10.0. The molecule has 0 bridgehead atoms. The number of aromatic nitrogens is 3. The molecule has 1 aromatic carbocycles. The van der Waals surface area contributed by atoms with Gasteiger partial charge in [-0.2, -0.15) is 10.4 Å². The number of anilines is 2. The highest BCUT2D eigenvalue weighted by Gasteiger charge is 2.30. The van der Waals surface area contributed by atoms with Gasteiger partial charge in [0, 0.05) is 11.9 Å². The minimum atomic E-state index is -3.19. The number of aromatic amines is 1. The molecular formula is C21H21N5O3S. The lowest BCUT2D eigenvalue weighted by Gasteiger charge is -2.27. The van der Waals surface area contributed by atoms with Crippen molar-refractivity contribution in [3.63, 3.8) is 0 Å². The summed E-state index contributed by atoms with van der Waals surface area (Å²) < 4.78 is 26.0. The number of nitriles is 1. The van der Waals surface area contributed by atoms with E-state index in [0.717, 1.165) is 31.2 Å². The van der Waals surface area contributed by atoms with E-state index < -0.39 is 9.84 Å². The van der Waals surface area contributed by atoms with Crippen LogP contribution in [0, 0.1) is 17.2 Å². The largest absolute Gasteiger partial charge is 0.338 e. The molecular weight excluding hydrogens is 402 g/mol. The summed E-state index contributed by atoms with van der Waals surface area (Å²) in [6, 6.07) is 9.25. The summed E-state index contributed by atoms with van der Waals surface area (Å²) in [5.74, 6) is 0.398. The molecule has 8 nitrogen and oxygen atoms in total. The summed E-state index contributed by atoms with van der Waals surface area (Å²) >= 11 is 0. The molecule has 0 amide bonds. The molecule has 3 heterocycles. The number of pyridine rings is 1. The highest BCUT2D eigenvalue weighted by atomic mass is 32.2. The standard InChI is InChI=1S/C21H21N5O3S/c22-12-14-3-1-2-4-16(14)26-17-7-9-23-21(27)19(17)20(25-26)24-15-5-6-18-13(11-15)8-10-30(18,28)29/h5-7,9,11,14,16H,1-4,8,10H2,(H,23,27)(H,24,25). The van der Waals surface area contributed by atoms with Crippen LogP contribution in [0.4, 0.5) is 11.5 Å². The first-order valence-corrected chi connectivity index (χ1v) is 11.8. The lowest BCUT2D eigenvalue weighted by molar-refractivity contribution is 0.277. The number of sulfone groups is 1. The van der Waals surface area contributed by atoms with Gasteiger partial charge in [0.1, 0.15) is 5.39 Å². The zero-order chi connectivity index (χ0) is 20.9. The van der Waals surface area contributed by atoms with E-state index >= 15 is 0 Å². The lowest BCUT2D eigenvalue weighted by atomic mass is 9.85. The number of H-pyrrole nitrogens is 1. The predicted molar refractivity (Wildman–Crippen MR) is 112 cm³/mol. The van der Waals surface area contributed by atoms with E-state index in [1.807, 2.05) is 10.7 Å². The van der Waals surface area contributed by atoms with Crippen LogP contribution in [0.5, 0.6) is 0 Å². The first-order valence-electron chi connectivity index (χ1n) is 10.1. The Labute approximate surface area is 173 Å². The maximum atomic E-state index is 12.6. The van der Waals surface area contributed by atoms with Crippen LogP contribution in [0.3, 0.4) is 0 Å². The number of nitrogens with zero attached hydrogens (tertiary/aromatic N) is 3. The monoisotopic (exact) mass is 423 g/mol. The van der Waals surface area contributed by atoms with Crippen molar-refractivity contribution in [2.45, 2.75) is 43.0 Å². The minimum Gasteiger partial charge on any atom is -0.338 e. The minimum absolute atomic E-state index is 0.0752. The van der Waals surface area contributed by atoms with Gasteiger partial charge in [-0.1, -0.05) is 12.8 Å². The maximum absolute atomic E-state index is 12.6. The average molecular weight is 423 g/mol. The molecule has 30 heavy (non-hydrogen) atoms. The molecule has 2 N–H and O–H groups in total. The molecule has 1 fully saturated rings. The van der Waals surface area contributed by atoms with Crippen molar-refractivity contribution in [2.75, 3.05) is 11.1 Å². The molecule has 1 saturated carbocycles. The normalized spacial score (nSPS) is 22.5. The highest BCUT2D eigenvalue weighted by Crippen LogP contribution is 2.37. The number of nitrogens with one attached hydrogen (secondary N) is 2. The molecule has 3 aromatic rings. The van der Waals surface area contributed by atoms with Crippen molar-refractivity contribution in [1.29, 1.82) is 5.26 Å². The Morgan fingerprint density at radius 3 is 2.90 bits per heavy atom. The maximum Gasteiger partial charge on any atom is 0.261 e. The first kappa shape index (κ1) is 18.9. The zero-order valence-corrected chi connectivity index (χ0v) is 17.1. The van der Waals surface area contributed by atoms with E-state index in [2.05, 4.69) is 16.4 Å². The van der Waals surface area contributed by atoms with Crippen molar-refractivity contribution in [2.24, 2.45) is 5.92 Å². The summed E-state index contributed by atoms with van der Waals surface area (Å²) in [5, 5.41) is 18.0. The van der Waals surface area contributed by atoms with E-state index in [9.17, 15) is 18.5 Å². The average Bonchev–Trinajstić information content (AvgIpc) is 3.26. The zero-order valence-electron chi connectivity index (χ0n) is 16.3. The van der Waals surface area contributed by atoms with Gasteiger partial charge in [-0.05, 0) is 49.1 Å². The lowest BCUT2D eigenvalue weighted by Crippen LogP contribution is -2.23. The summed E-state index contributed by atoms with van der Waals surface area (Å²) in [6.07, 6.45) is 5.80. The number of fused-ring (bicyclic) bond motifs is 2. The SMILES string of the molecule is N#CC1CCCCC1n1nc(Nc2ccc3c(c2)CCS3(=O)=O)c2c(=O)[nH]ccc21. The number of benzene rings is 1. The number of aryl methyl sites for hydroxylation is 1. The van der Waals surface area contributed by atoms with Crippen molar-refractivity contribution in [3.05, 3.63) is 46.4 Å². The van der Waals surface area contributed by atoms with Crippen molar-refractivity contribution >= 4 is 32.2 Å². The Morgan fingerprint density at radius 1 is 1.23 bits per heavy atom. The molecule has 5 rings (SSSR count). The number of hydrogen-bond donors (Lipinski definition) is 2. The Hall–Kier alpha value is -3.12. The van der Waals surface area contributed by atoms with E-state index in [1.165, 1.54) is 0 Å².